The molecule has 1 amide bonds. The van der Waals surface area contributed by atoms with E-state index in [1.807, 2.05) is 16.3 Å². The van der Waals surface area contributed by atoms with Crippen molar-refractivity contribution in [2.45, 2.75) is 12.8 Å². The first-order valence-corrected chi connectivity index (χ1v) is 10.5. The van der Waals surface area contributed by atoms with E-state index in [1.54, 1.807) is 5.51 Å². The Balaban J connectivity index is 1.50. The number of ether oxygens (including phenoxy) is 1. The lowest BCUT2D eigenvalue weighted by molar-refractivity contribution is -0.141. The first-order valence-electron chi connectivity index (χ1n) is 9.60. The molecule has 2 fully saturated rings. The van der Waals surface area contributed by atoms with E-state index in [-0.39, 0.29) is 17.3 Å². The highest BCUT2D eigenvalue weighted by Crippen LogP contribution is 2.46. The van der Waals surface area contributed by atoms with Gasteiger partial charge in [0, 0.05) is 37.0 Å². The van der Waals surface area contributed by atoms with Crippen LogP contribution in [0.2, 0.25) is 0 Å². The minimum absolute atomic E-state index is 0.00947. The van der Waals surface area contributed by atoms with Crippen LogP contribution in [0.4, 0.5) is 0 Å². The third-order valence-electron chi connectivity index (χ3n) is 6.10. The summed E-state index contributed by atoms with van der Waals surface area (Å²) in [6.07, 6.45) is 1.97. The molecule has 0 aliphatic carbocycles. The van der Waals surface area contributed by atoms with Gasteiger partial charge in [0.15, 0.2) is 0 Å². The maximum absolute atomic E-state index is 12.8. The fourth-order valence-corrected chi connectivity index (χ4v) is 5.21. The Kier molecular flexibility index (Phi) is 5.46. The van der Waals surface area contributed by atoms with Gasteiger partial charge < -0.3 is 9.64 Å². The molecule has 2 aromatic rings. The molecule has 2 aliphatic rings. The summed E-state index contributed by atoms with van der Waals surface area (Å²) < 4.78 is 4.85. The molecule has 3 heterocycles. The minimum Gasteiger partial charge on any atom is -0.468 e. The van der Waals surface area contributed by atoms with Gasteiger partial charge in [0.25, 0.3) is 5.91 Å². The number of amides is 1. The molecule has 4 rings (SSSR count). The topological polar surface area (TPSA) is 62.7 Å². The molecule has 148 valence electrons. The van der Waals surface area contributed by atoms with Crippen molar-refractivity contribution < 1.29 is 14.3 Å². The smallest absolute Gasteiger partial charge is 0.319 e. The highest BCUT2D eigenvalue weighted by Gasteiger charge is 2.53. The van der Waals surface area contributed by atoms with Gasteiger partial charge in [-0.2, -0.15) is 0 Å². The van der Waals surface area contributed by atoms with Gasteiger partial charge in [-0.15, -0.1) is 11.3 Å². The fraction of sp³-hybridized carbons (Fsp3) is 0.476. The monoisotopic (exact) mass is 399 g/mol. The molecular weight excluding hydrogens is 374 g/mol. The van der Waals surface area contributed by atoms with Crippen LogP contribution >= 0.6 is 11.3 Å². The number of hydrogen-bond acceptors (Lipinski definition) is 6. The number of methoxy groups -OCH3 is 1. The summed E-state index contributed by atoms with van der Waals surface area (Å²) in [7, 11) is 1.43. The van der Waals surface area contributed by atoms with Crippen molar-refractivity contribution in [2.24, 2.45) is 11.3 Å². The summed E-state index contributed by atoms with van der Waals surface area (Å²) in [6.45, 7) is 3.41. The van der Waals surface area contributed by atoms with Crippen molar-refractivity contribution >= 4 is 23.2 Å². The van der Waals surface area contributed by atoms with Crippen LogP contribution < -0.4 is 0 Å². The molecule has 0 spiro atoms. The van der Waals surface area contributed by atoms with Crippen LogP contribution in [-0.4, -0.2) is 66.5 Å². The van der Waals surface area contributed by atoms with Crippen molar-refractivity contribution in [1.29, 1.82) is 0 Å². The van der Waals surface area contributed by atoms with Crippen molar-refractivity contribution in [1.82, 2.24) is 14.8 Å². The lowest BCUT2D eigenvalue weighted by Crippen LogP contribution is -2.38. The number of esters is 1. The lowest BCUT2D eigenvalue weighted by Gasteiger charge is -2.29. The number of carbonyl (C=O) groups excluding carboxylic acids is 2. The highest BCUT2D eigenvalue weighted by molar-refractivity contribution is 7.07. The molecule has 1 aromatic carbocycles. The zero-order valence-corrected chi connectivity index (χ0v) is 16.9. The standard InChI is InChI=1S/C21H25N3O3S/c1-27-19(25)11-23-9-17-10-24(20(26)18-12-28-15-22-18)14-21(17,13-23)8-7-16-5-3-2-4-6-16/h2-6,12,15,17H,7-11,13-14H2,1H3/t17-,21+/m0/s1. The third kappa shape index (κ3) is 3.82. The quantitative estimate of drug-likeness (QED) is 0.698. The van der Waals surface area contributed by atoms with E-state index in [0.717, 1.165) is 39.0 Å². The van der Waals surface area contributed by atoms with Crippen molar-refractivity contribution in [3.63, 3.8) is 0 Å². The lowest BCUT2D eigenvalue weighted by atomic mass is 9.76. The van der Waals surface area contributed by atoms with Crippen LogP contribution in [0.3, 0.4) is 0 Å². The number of likely N-dealkylation sites (tertiary alicyclic amines) is 2. The normalized spacial score (nSPS) is 24.3. The first-order chi connectivity index (χ1) is 13.6. The van der Waals surface area contributed by atoms with Gasteiger partial charge in [0.1, 0.15) is 5.69 Å². The number of benzene rings is 1. The van der Waals surface area contributed by atoms with Gasteiger partial charge in [0.05, 0.1) is 19.2 Å². The number of thiazole rings is 1. The number of aromatic nitrogens is 1. The van der Waals surface area contributed by atoms with Gasteiger partial charge in [-0.3, -0.25) is 14.5 Å². The van der Waals surface area contributed by atoms with E-state index < -0.39 is 0 Å². The molecule has 1 aromatic heterocycles. The van der Waals surface area contributed by atoms with Crippen LogP contribution in [-0.2, 0) is 16.0 Å². The predicted octanol–water partition coefficient (Wildman–Crippen LogP) is 2.32. The number of rotatable bonds is 6. The number of nitrogens with zero attached hydrogens (tertiary/aromatic N) is 3. The number of fused-ring (bicyclic) bond motifs is 1. The van der Waals surface area contributed by atoms with Crippen molar-refractivity contribution in [2.75, 3.05) is 39.8 Å². The SMILES string of the molecule is COC(=O)CN1C[C@H]2CN(C(=O)c3cscn3)C[C@@]2(CCc2ccccc2)C1. The van der Waals surface area contributed by atoms with Gasteiger partial charge in [0.2, 0.25) is 0 Å². The summed E-state index contributed by atoms with van der Waals surface area (Å²) in [6, 6.07) is 10.5. The predicted molar refractivity (Wildman–Crippen MR) is 107 cm³/mol. The fourth-order valence-electron chi connectivity index (χ4n) is 4.69. The Morgan fingerprint density at radius 2 is 2.07 bits per heavy atom. The van der Waals surface area contributed by atoms with Gasteiger partial charge >= 0.3 is 5.97 Å². The Morgan fingerprint density at radius 1 is 1.25 bits per heavy atom. The number of carbonyl (C=O) groups is 2. The van der Waals surface area contributed by atoms with Crippen LogP contribution in [0.15, 0.2) is 41.2 Å². The second kappa shape index (κ2) is 8.01. The summed E-state index contributed by atoms with van der Waals surface area (Å²) in [5, 5.41) is 1.82. The molecule has 0 radical (unpaired) electrons. The Bertz CT molecular complexity index is 827. The van der Waals surface area contributed by atoms with Crippen LogP contribution in [0.5, 0.6) is 0 Å². The van der Waals surface area contributed by atoms with Gasteiger partial charge in [-0.25, -0.2) is 4.98 Å². The molecule has 2 aliphatic heterocycles. The van der Waals surface area contributed by atoms with E-state index in [1.165, 1.54) is 24.0 Å². The average Bonchev–Trinajstić information content (AvgIpc) is 3.41. The van der Waals surface area contributed by atoms with Gasteiger partial charge in [-0.1, -0.05) is 30.3 Å². The largest absolute Gasteiger partial charge is 0.468 e. The van der Waals surface area contributed by atoms with E-state index in [9.17, 15) is 9.59 Å². The summed E-state index contributed by atoms with van der Waals surface area (Å²) in [4.78, 5) is 32.9. The second-order valence-electron chi connectivity index (χ2n) is 7.85. The zero-order valence-electron chi connectivity index (χ0n) is 16.0. The third-order valence-corrected chi connectivity index (χ3v) is 6.69. The van der Waals surface area contributed by atoms with Crippen LogP contribution in [0.1, 0.15) is 22.5 Å². The summed E-state index contributed by atoms with van der Waals surface area (Å²) in [5.41, 5.74) is 3.56. The average molecular weight is 400 g/mol. The summed E-state index contributed by atoms with van der Waals surface area (Å²) in [5.74, 6) is 0.186. The maximum atomic E-state index is 12.8. The van der Waals surface area contributed by atoms with E-state index >= 15 is 0 Å². The van der Waals surface area contributed by atoms with E-state index in [0.29, 0.717) is 18.2 Å². The molecule has 6 nitrogen and oxygen atoms in total. The molecule has 2 atom stereocenters. The molecule has 0 N–H and O–H groups in total. The highest BCUT2D eigenvalue weighted by atomic mass is 32.1. The Labute approximate surface area is 169 Å². The minimum atomic E-state index is -0.200. The van der Waals surface area contributed by atoms with Crippen LogP contribution in [0.25, 0.3) is 0 Å². The molecule has 0 bridgehead atoms. The number of hydrogen-bond donors (Lipinski definition) is 0. The second-order valence-corrected chi connectivity index (χ2v) is 8.57. The molecular formula is C21H25N3O3S. The van der Waals surface area contributed by atoms with Crippen LogP contribution in [0, 0.1) is 11.3 Å². The van der Waals surface area contributed by atoms with Crippen molar-refractivity contribution in [3.8, 4) is 0 Å². The van der Waals surface area contributed by atoms with E-state index in [4.69, 9.17) is 4.74 Å². The molecule has 2 saturated heterocycles. The zero-order chi connectivity index (χ0) is 19.6. The number of aryl methyl sites for hydroxylation is 1. The molecule has 0 saturated carbocycles. The van der Waals surface area contributed by atoms with Crippen molar-refractivity contribution in [3.05, 3.63) is 52.5 Å². The van der Waals surface area contributed by atoms with E-state index in [2.05, 4.69) is 34.1 Å². The molecule has 28 heavy (non-hydrogen) atoms. The Hall–Kier alpha value is -2.25. The molecule has 0 unspecified atom stereocenters. The molecule has 7 heteroatoms. The summed E-state index contributed by atoms with van der Waals surface area (Å²) >= 11 is 1.45. The Morgan fingerprint density at radius 3 is 2.79 bits per heavy atom. The van der Waals surface area contributed by atoms with Gasteiger partial charge in [-0.05, 0) is 24.3 Å². The maximum Gasteiger partial charge on any atom is 0.319 e. The first kappa shape index (κ1) is 19.1.